The van der Waals surface area contributed by atoms with E-state index in [0.717, 1.165) is 16.9 Å². The van der Waals surface area contributed by atoms with Crippen LogP contribution in [0.5, 0.6) is 0 Å². The lowest BCUT2D eigenvalue weighted by molar-refractivity contribution is -0.380. The molecule has 1 aromatic carbocycles. The zero-order chi connectivity index (χ0) is 24.0. The molecule has 0 unspecified atom stereocenters. The fourth-order valence-corrected chi connectivity index (χ4v) is 4.42. The molecule has 12 heteroatoms. The van der Waals surface area contributed by atoms with Gasteiger partial charge in [0.25, 0.3) is 5.91 Å². The van der Waals surface area contributed by atoms with E-state index < -0.39 is 29.4 Å². The van der Waals surface area contributed by atoms with Crippen molar-refractivity contribution < 1.29 is 28.8 Å². The highest BCUT2D eigenvalue weighted by molar-refractivity contribution is 7.17. The summed E-state index contributed by atoms with van der Waals surface area (Å²) in [4.78, 5) is 53.6. The van der Waals surface area contributed by atoms with Gasteiger partial charge in [0.05, 0.1) is 23.8 Å². The van der Waals surface area contributed by atoms with Crippen molar-refractivity contribution >= 4 is 50.7 Å². The molecule has 0 N–H and O–H groups in total. The molecule has 2 aromatic heterocycles. The number of ether oxygens (including phenoxy) is 2. The summed E-state index contributed by atoms with van der Waals surface area (Å²) in [6, 6.07) is 11.6. The number of rotatable bonds is 9. The molecule has 2 heterocycles. The number of thiazole rings is 1. The molecule has 172 valence electrons. The Morgan fingerprint density at radius 1 is 1.06 bits per heavy atom. The second-order valence-electron chi connectivity index (χ2n) is 6.57. The highest BCUT2D eigenvalue weighted by atomic mass is 32.1. The Morgan fingerprint density at radius 2 is 1.79 bits per heavy atom. The summed E-state index contributed by atoms with van der Waals surface area (Å²) in [5.74, 6) is -1.94. The number of benzene rings is 1. The van der Waals surface area contributed by atoms with Gasteiger partial charge in [-0.05, 0) is 25.5 Å². The van der Waals surface area contributed by atoms with Crippen LogP contribution in [-0.2, 0) is 20.8 Å². The van der Waals surface area contributed by atoms with Crippen LogP contribution in [0.4, 0.5) is 10.1 Å². The van der Waals surface area contributed by atoms with E-state index in [1.54, 1.807) is 13.8 Å². The Labute approximate surface area is 196 Å². The van der Waals surface area contributed by atoms with Crippen LogP contribution in [0.1, 0.15) is 37.5 Å². The molecule has 0 aliphatic heterocycles. The molecular formula is C21H19N3O7S2. The molecule has 0 saturated carbocycles. The van der Waals surface area contributed by atoms with E-state index in [-0.39, 0.29) is 33.0 Å². The van der Waals surface area contributed by atoms with Gasteiger partial charge in [0, 0.05) is 6.07 Å². The number of carbonyl (C=O) groups excluding carboxylic acids is 3. The topological polar surface area (TPSA) is 129 Å². The number of aryl methyl sites for hydroxylation is 1. The van der Waals surface area contributed by atoms with E-state index in [0.29, 0.717) is 17.0 Å². The highest BCUT2D eigenvalue weighted by Gasteiger charge is 2.26. The normalized spacial score (nSPS) is 10.5. The Balaban J connectivity index is 1.79. The number of hydrogen-bond acceptors (Lipinski definition) is 10. The van der Waals surface area contributed by atoms with Crippen LogP contribution in [0.25, 0.3) is 0 Å². The maximum Gasteiger partial charge on any atom is 0.350 e. The lowest BCUT2D eigenvalue weighted by atomic mass is 10.2. The third-order valence-corrected chi connectivity index (χ3v) is 6.44. The fraction of sp³-hybridized carbons (Fsp3) is 0.238. The number of nitrogens with zero attached hydrogens (tertiary/aromatic N) is 3. The molecule has 3 aromatic rings. The van der Waals surface area contributed by atoms with Crippen molar-refractivity contribution in [3.05, 3.63) is 73.6 Å². The number of esters is 2. The van der Waals surface area contributed by atoms with Crippen LogP contribution >= 0.6 is 22.7 Å². The van der Waals surface area contributed by atoms with Crippen LogP contribution in [-0.4, -0.2) is 41.0 Å². The second kappa shape index (κ2) is 10.8. The van der Waals surface area contributed by atoms with Crippen molar-refractivity contribution in [1.29, 1.82) is 0 Å². The van der Waals surface area contributed by atoms with E-state index in [2.05, 4.69) is 4.98 Å². The predicted molar refractivity (Wildman–Crippen MR) is 122 cm³/mol. The average molecular weight is 490 g/mol. The molecule has 0 radical (unpaired) electrons. The summed E-state index contributed by atoms with van der Waals surface area (Å²) < 4.78 is 10.1. The molecule has 3 rings (SSSR count). The molecule has 33 heavy (non-hydrogen) atoms. The van der Waals surface area contributed by atoms with Gasteiger partial charge in [-0.3, -0.25) is 19.8 Å². The van der Waals surface area contributed by atoms with E-state index >= 15 is 0 Å². The number of thiophene rings is 1. The summed E-state index contributed by atoms with van der Waals surface area (Å²) in [5, 5.41) is 10.9. The number of carbonyl (C=O) groups is 3. The fourth-order valence-electron chi connectivity index (χ4n) is 2.72. The SMILES string of the molecule is CCOC(=O)c1sc(N(Cc2ccccc2)C(=O)COC(=O)c2ccc([N+](=O)[O-])s2)nc1C. The van der Waals surface area contributed by atoms with Crippen molar-refractivity contribution in [3.8, 4) is 0 Å². The first-order valence-corrected chi connectivity index (χ1v) is 11.3. The number of nitro groups is 1. The third-order valence-electron chi connectivity index (χ3n) is 4.26. The quantitative estimate of drug-likeness (QED) is 0.251. The van der Waals surface area contributed by atoms with Gasteiger partial charge in [-0.1, -0.05) is 53.0 Å². The maximum absolute atomic E-state index is 13.0. The second-order valence-corrected chi connectivity index (χ2v) is 8.61. The van der Waals surface area contributed by atoms with Crippen molar-refractivity contribution in [2.24, 2.45) is 0 Å². The van der Waals surface area contributed by atoms with E-state index in [4.69, 9.17) is 9.47 Å². The number of aromatic nitrogens is 1. The molecule has 10 nitrogen and oxygen atoms in total. The summed E-state index contributed by atoms with van der Waals surface area (Å²) in [5.41, 5.74) is 1.22. The standard InChI is InChI=1S/C21H19N3O7S2/c1-3-30-20(27)18-13(2)22-21(33-18)23(11-14-7-5-4-6-8-14)16(25)12-31-19(26)15-9-10-17(32-15)24(28)29/h4-10H,3,11-12H2,1-2H3. The van der Waals surface area contributed by atoms with Crippen LogP contribution in [0.3, 0.4) is 0 Å². The average Bonchev–Trinajstić information content (AvgIpc) is 3.44. The van der Waals surface area contributed by atoms with Gasteiger partial charge in [0.1, 0.15) is 9.75 Å². The van der Waals surface area contributed by atoms with Crippen LogP contribution < -0.4 is 4.90 Å². The molecular weight excluding hydrogens is 470 g/mol. The Hall–Kier alpha value is -3.64. The number of amides is 1. The van der Waals surface area contributed by atoms with Crippen LogP contribution in [0, 0.1) is 17.0 Å². The molecule has 0 aliphatic rings. The molecule has 1 amide bonds. The van der Waals surface area contributed by atoms with Gasteiger partial charge in [0.2, 0.25) is 0 Å². The molecule has 0 spiro atoms. The van der Waals surface area contributed by atoms with Gasteiger partial charge in [-0.2, -0.15) is 0 Å². The number of anilines is 1. The molecule has 0 fully saturated rings. The van der Waals surface area contributed by atoms with Gasteiger partial charge in [-0.25, -0.2) is 14.6 Å². The lowest BCUT2D eigenvalue weighted by Crippen LogP contribution is -2.34. The van der Waals surface area contributed by atoms with E-state index in [1.807, 2.05) is 30.3 Å². The summed E-state index contributed by atoms with van der Waals surface area (Å²) in [6.45, 7) is 3.06. The van der Waals surface area contributed by atoms with Crippen molar-refractivity contribution in [2.45, 2.75) is 20.4 Å². The first-order valence-electron chi connectivity index (χ1n) is 9.70. The summed E-state index contributed by atoms with van der Waals surface area (Å²) in [7, 11) is 0. The smallest absolute Gasteiger partial charge is 0.350 e. The minimum absolute atomic E-state index is 0.0128. The molecule has 0 bridgehead atoms. The summed E-state index contributed by atoms with van der Waals surface area (Å²) in [6.07, 6.45) is 0. The van der Waals surface area contributed by atoms with Gasteiger partial charge < -0.3 is 9.47 Å². The summed E-state index contributed by atoms with van der Waals surface area (Å²) >= 11 is 1.67. The van der Waals surface area contributed by atoms with E-state index in [9.17, 15) is 24.5 Å². The Bertz CT molecular complexity index is 1170. The van der Waals surface area contributed by atoms with Crippen molar-refractivity contribution in [3.63, 3.8) is 0 Å². The monoisotopic (exact) mass is 489 g/mol. The molecule has 0 atom stereocenters. The van der Waals surface area contributed by atoms with Gasteiger partial charge in [0.15, 0.2) is 11.7 Å². The molecule has 0 saturated heterocycles. The van der Waals surface area contributed by atoms with Crippen LogP contribution in [0.2, 0.25) is 0 Å². The Morgan fingerprint density at radius 3 is 2.42 bits per heavy atom. The van der Waals surface area contributed by atoms with Crippen LogP contribution in [0.15, 0.2) is 42.5 Å². The molecule has 0 aliphatic carbocycles. The van der Waals surface area contributed by atoms with Gasteiger partial charge in [-0.15, -0.1) is 0 Å². The van der Waals surface area contributed by atoms with Crippen molar-refractivity contribution in [2.75, 3.05) is 18.1 Å². The Kier molecular flexibility index (Phi) is 7.85. The van der Waals surface area contributed by atoms with Gasteiger partial charge >= 0.3 is 16.9 Å². The number of hydrogen-bond donors (Lipinski definition) is 0. The first kappa shape index (κ1) is 24.0. The predicted octanol–water partition coefficient (Wildman–Crippen LogP) is 3.99. The first-order chi connectivity index (χ1) is 15.8. The lowest BCUT2D eigenvalue weighted by Gasteiger charge is -2.20. The van der Waals surface area contributed by atoms with Crippen molar-refractivity contribution in [1.82, 2.24) is 4.98 Å². The zero-order valence-electron chi connectivity index (χ0n) is 17.7. The van der Waals surface area contributed by atoms with E-state index in [1.165, 1.54) is 17.0 Å². The zero-order valence-corrected chi connectivity index (χ0v) is 19.3. The highest BCUT2D eigenvalue weighted by Crippen LogP contribution is 2.29. The largest absolute Gasteiger partial charge is 0.462 e. The minimum Gasteiger partial charge on any atom is -0.462 e. The third kappa shape index (κ3) is 5.99. The minimum atomic E-state index is -0.844. The maximum atomic E-state index is 13.0.